The van der Waals surface area contributed by atoms with E-state index in [0.717, 1.165) is 10.6 Å². The first-order valence-electron chi connectivity index (χ1n) is 3.95. The summed E-state index contributed by atoms with van der Waals surface area (Å²) in [6.45, 7) is 4.37. The summed E-state index contributed by atoms with van der Waals surface area (Å²) in [5, 5.41) is 0. The van der Waals surface area contributed by atoms with Gasteiger partial charge < -0.3 is 0 Å². The predicted molar refractivity (Wildman–Crippen MR) is 54.9 cm³/mol. The minimum atomic E-state index is 0. The average Bonchev–Trinajstić information content (AvgIpc) is 1.89. The van der Waals surface area contributed by atoms with Crippen LogP contribution in [0.3, 0.4) is 0 Å². The first-order valence-corrected chi connectivity index (χ1v) is 4.80. The largest absolute Gasteiger partial charge is 0.136 e. The Kier molecular flexibility index (Phi) is 12.1. The predicted octanol–water partition coefficient (Wildman–Crippen LogP) is 3.46. The van der Waals surface area contributed by atoms with Gasteiger partial charge in [-0.3, -0.25) is 0 Å². The maximum absolute atomic E-state index is 4.99. The van der Waals surface area contributed by atoms with Crippen molar-refractivity contribution < 1.29 is 19.5 Å². The molecule has 11 heavy (non-hydrogen) atoms. The Morgan fingerprint density at radius 2 is 2.00 bits per heavy atom. The van der Waals surface area contributed by atoms with Crippen LogP contribution >= 0.6 is 24.8 Å². The van der Waals surface area contributed by atoms with Gasteiger partial charge in [-0.2, -0.15) is 0 Å². The van der Waals surface area contributed by atoms with Crippen LogP contribution in [0.1, 0.15) is 39.5 Å². The zero-order chi connectivity index (χ0) is 7.98. The Hall–Kier alpha value is 1.06. The van der Waals surface area contributed by atoms with Crippen molar-refractivity contribution in [2.45, 2.75) is 39.5 Å². The van der Waals surface area contributed by atoms with Crippen molar-refractivity contribution >= 4 is 29.0 Å². The van der Waals surface area contributed by atoms with Crippen molar-refractivity contribution in [2.75, 3.05) is 0 Å². The van der Waals surface area contributed by atoms with Crippen molar-refractivity contribution in [1.29, 1.82) is 0 Å². The van der Waals surface area contributed by atoms with Crippen molar-refractivity contribution in [2.24, 2.45) is 5.92 Å². The summed E-state index contributed by atoms with van der Waals surface area (Å²) in [5.41, 5.74) is 0. The van der Waals surface area contributed by atoms with Crippen LogP contribution in [-0.2, 0) is 19.5 Å². The first-order chi connectivity index (χ1) is 4.72. The molecular weight excluding hydrogens is 226 g/mol. The Balaban J connectivity index is 0. The van der Waals surface area contributed by atoms with Gasteiger partial charge in [0.1, 0.15) is 0 Å². The van der Waals surface area contributed by atoms with Crippen LogP contribution in [0.15, 0.2) is 0 Å². The minimum absolute atomic E-state index is 0. The second-order valence-corrected chi connectivity index (χ2v) is 3.81. The summed E-state index contributed by atoms with van der Waals surface area (Å²) in [5.74, 6) is 0.568. The quantitative estimate of drug-likeness (QED) is 0.437. The summed E-state index contributed by atoms with van der Waals surface area (Å²) < 4.78 is 0.885. The molecule has 0 rings (SSSR count). The molecule has 0 aromatic rings. The van der Waals surface area contributed by atoms with Crippen molar-refractivity contribution in [1.82, 2.24) is 0 Å². The van der Waals surface area contributed by atoms with E-state index in [-0.39, 0.29) is 19.5 Å². The topological polar surface area (TPSA) is 0 Å². The van der Waals surface area contributed by atoms with Gasteiger partial charge in [0, 0.05) is 23.7 Å². The summed E-state index contributed by atoms with van der Waals surface area (Å²) in [7, 11) is 0. The number of thiol groups is 1. The molecule has 0 radical (unpaired) electrons. The molecular formula is C8H16S2Zn. The summed E-state index contributed by atoms with van der Waals surface area (Å²) in [6, 6.07) is 0. The van der Waals surface area contributed by atoms with Gasteiger partial charge in [-0.15, -0.1) is 12.6 Å². The second kappa shape index (κ2) is 9.15. The van der Waals surface area contributed by atoms with Crippen LogP contribution in [0.4, 0.5) is 0 Å². The van der Waals surface area contributed by atoms with Gasteiger partial charge in [0.15, 0.2) is 0 Å². The SMILES string of the molecule is CCCCC(CC)C(=S)S.[Zn]. The fraction of sp³-hybridized carbons (Fsp3) is 0.875. The number of hydrogen-bond donors (Lipinski definition) is 1. The van der Waals surface area contributed by atoms with Crippen LogP contribution in [0.25, 0.3) is 0 Å². The molecule has 1 unspecified atom stereocenters. The maximum Gasteiger partial charge on any atom is 0.0478 e. The third kappa shape index (κ3) is 7.42. The third-order valence-corrected chi connectivity index (χ3v) is 2.45. The van der Waals surface area contributed by atoms with Crippen molar-refractivity contribution in [3.05, 3.63) is 0 Å². The van der Waals surface area contributed by atoms with Crippen molar-refractivity contribution in [3.8, 4) is 0 Å². The number of hydrogen-bond acceptors (Lipinski definition) is 1. The van der Waals surface area contributed by atoms with E-state index >= 15 is 0 Å². The minimum Gasteiger partial charge on any atom is -0.136 e. The fourth-order valence-electron chi connectivity index (χ4n) is 0.953. The summed E-state index contributed by atoms with van der Waals surface area (Å²) in [4.78, 5) is 0. The Morgan fingerprint density at radius 3 is 2.27 bits per heavy atom. The van der Waals surface area contributed by atoms with Gasteiger partial charge in [0.05, 0.1) is 0 Å². The zero-order valence-electron chi connectivity index (χ0n) is 7.47. The molecule has 0 aromatic heterocycles. The molecule has 0 fully saturated rings. The summed E-state index contributed by atoms with van der Waals surface area (Å²) in [6.07, 6.45) is 4.89. The van der Waals surface area contributed by atoms with Gasteiger partial charge in [-0.05, 0) is 18.8 Å². The molecule has 0 heterocycles. The van der Waals surface area contributed by atoms with Crippen LogP contribution in [0.2, 0.25) is 0 Å². The van der Waals surface area contributed by atoms with Gasteiger partial charge in [-0.25, -0.2) is 0 Å². The molecule has 0 nitrogen and oxygen atoms in total. The smallest absolute Gasteiger partial charge is 0.0478 e. The van der Waals surface area contributed by atoms with Gasteiger partial charge >= 0.3 is 0 Å². The van der Waals surface area contributed by atoms with E-state index in [1.807, 2.05) is 0 Å². The molecule has 0 aliphatic heterocycles. The Labute approximate surface area is 93.7 Å². The molecule has 3 heteroatoms. The van der Waals surface area contributed by atoms with Crippen LogP contribution in [0.5, 0.6) is 0 Å². The van der Waals surface area contributed by atoms with E-state index in [2.05, 4.69) is 26.5 Å². The van der Waals surface area contributed by atoms with Crippen LogP contribution in [-0.4, -0.2) is 4.20 Å². The van der Waals surface area contributed by atoms with Crippen LogP contribution in [0, 0.1) is 5.92 Å². The monoisotopic (exact) mass is 240 g/mol. The standard InChI is InChI=1S/C8H16S2.Zn/c1-3-5-6-7(4-2)8(9)10;/h7H,3-6H2,1-2H3,(H,9,10);. The molecule has 0 bridgehead atoms. The fourth-order valence-corrected chi connectivity index (χ4v) is 1.55. The summed E-state index contributed by atoms with van der Waals surface area (Å²) >= 11 is 9.17. The molecule has 0 amide bonds. The molecule has 0 aromatic carbocycles. The molecule has 0 saturated heterocycles. The van der Waals surface area contributed by atoms with Gasteiger partial charge in [-0.1, -0.05) is 38.9 Å². The first kappa shape index (κ1) is 14.6. The normalized spacial score (nSPS) is 11.9. The molecule has 0 aliphatic rings. The molecule has 1 atom stereocenters. The van der Waals surface area contributed by atoms with Gasteiger partial charge in [0.25, 0.3) is 0 Å². The van der Waals surface area contributed by atoms with E-state index in [4.69, 9.17) is 12.2 Å². The van der Waals surface area contributed by atoms with E-state index in [9.17, 15) is 0 Å². The van der Waals surface area contributed by atoms with E-state index in [1.54, 1.807) is 0 Å². The Morgan fingerprint density at radius 1 is 1.45 bits per heavy atom. The Bertz CT molecular complexity index is 104. The number of thiocarbonyl (C=S) groups is 1. The molecule has 0 aliphatic carbocycles. The molecule has 62 valence electrons. The third-order valence-electron chi connectivity index (χ3n) is 1.75. The van der Waals surface area contributed by atoms with Gasteiger partial charge in [0.2, 0.25) is 0 Å². The molecule has 0 spiro atoms. The van der Waals surface area contributed by atoms with E-state index in [1.165, 1.54) is 19.3 Å². The maximum atomic E-state index is 4.99. The molecule has 0 saturated carbocycles. The van der Waals surface area contributed by atoms with Crippen LogP contribution < -0.4 is 0 Å². The van der Waals surface area contributed by atoms with E-state index < -0.39 is 0 Å². The van der Waals surface area contributed by atoms with E-state index in [0.29, 0.717) is 5.92 Å². The number of rotatable bonds is 5. The molecule has 0 N–H and O–H groups in total. The second-order valence-electron chi connectivity index (χ2n) is 2.59. The average molecular weight is 242 g/mol. The van der Waals surface area contributed by atoms with Crippen molar-refractivity contribution in [3.63, 3.8) is 0 Å². The zero-order valence-corrected chi connectivity index (χ0v) is 12.1. The number of unbranched alkanes of at least 4 members (excludes halogenated alkanes) is 1.